The molecule has 0 radical (unpaired) electrons. The van der Waals surface area contributed by atoms with Crippen molar-refractivity contribution in [2.45, 2.75) is 37.7 Å². The molecule has 2 nitrogen and oxygen atoms in total. The first-order valence-electron chi connectivity index (χ1n) is 7.84. The highest BCUT2D eigenvalue weighted by Crippen LogP contribution is 2.41. The summed E-state index contributed by atoms with van der Waals surface area (Å²) in [6.45, 7) is 0.567. The maximum Gasteiger partial charge on any atom is 0.123 e. The van der Waals surface area contributed by atoms with E-state index in [1.807, 2.05) is 18.2 Å². The van der Waals surface area contributed by atoms with Crippen molar-refractivity contribution in [1.29, 1.82) is 0 Å². The molecule has 21 heavy (non-hydrogen) atoms. The number of aryl methyl sites for hydroxylation is 2. The maximum atomic E-state index is 10.8. The molecule has 0 spiro atoms. The van der Waals surface area contributed by atoms with E-state index < -0.39 is 6.10 Å². The highest BCUT2D eigenvalue weighted by atomic mass is 16.5. The largest absolute Gasteiger partial charge is 0.493 e. The first-order chi connectivity index (χ1) is 10.3. The molecule has 2 aromatic rings. The van der Waals surface area contributed by atoms with Crippen molar-refractivity contribution in [3.05, 3.63) is 64.7 Å². The molecule has 0 saturated carbocycles. The van der Waals surface area contributed by atoms with Gasteiger partial charge >= 0.3 is 0 Å². The van der Waals surface area contributed by atoms with Gasteiger partial charge < -0.3 is 9.84 Å². The van der Waals surface area contributed by atoms with E-state index in [-0.39, 0.29) is 5.92 Å². The zero-order chi connectivity index (χ0) is 14.2. The number of rotatable bonds is 2. The SMILES string of the molecule is OC(c1ccc2c(c1)CCCC2)C1COc2ccccc21. The molecule has 2 atom stereocenters. The van der Waals surface area contributed by atoms with Crippen LogP contribution in [0.5, 0.6) is 5.75 Å². The number of para-hydroxylation sites is 1. The van der Waals surface area contributed by atoms with E-state index >= 15 is 0 Å². The van der Waals surface area contributed by atoms with Crippen LogP contribution in [0.25, 0.3) is 0 Å². The first-order valence-corrected chi connectivity index (χ1v) is 7.84. The molecule has 2 unspecified atom stereocenters. The minimum Gasteiger partial charge on any atom is -0.493 e. The quantitative estimate of drug-likeness (QED) is 0.907. The minimum atomic E-state index is -0.485. The molecule has 1 aliphatic carbocycles. The number of aliphatic hydroxyl groups excluding tert-OH is 1. The smallest absolute Gasteiger partial charge is 0.123 e. The Morgan fingerprint density at radius 3 is 2.71 bits per heavy atom. The Morgan fingerprint density at radius 1 is 1.00 bits per heavy atom. The molecule has 1 N–H and O–H groups in total. The molecule has 2 aliphatic rings. The Hall–Kier alpha value is -1.80. The summed E-state index contributed by atoms with van der Waals surface area (Å²) < 4.78 is 5.71. The van der Waals surface area contributed by atoms with E-state index in [0.29, 0.717) is 6.61 Å². The van der Waals surface area contributed by atoms with Crippen molar-refractivity contribution in [1.82, 2.24) is 0 Å². The zero-order valence-electron chi connectivity index (χ0n) is 12.1. The Labute approximate surface area is 125 Å². The van der Waals surface area contributed by atoms with Crippen molar-refractivity contribution >= 4 is 0 Å². The summed E-state index contributed by atoms with van der Waals surface area (Å²) in [7, 11) is 0. The summed E-state index contributed by atoms with van der Waals surface area (Å²) in [5.41, 5.74) is 5.04. The fourth-order valence-electron chi connectivity index (χ4n) is 3.62. The third-order valence-corrected chi connectivity index (χ3v) is 4.83. The lowest BCUT2D eigenvalue weighted by molar-refractivity contribution is 0.130. The van der Waals surface area contributed by atoms with Gasteiger partial charge in [-0.3, -0.25) is 0 Å². The van der Waals surface area contributed by atoms with Crippen LogP contribution in [0, 0.1) is 0 Å². The molecule has 0 aromatic heterocycles. The highest BCUT2D eigenvalue weighted by Gasteiger charge is 2.31. The van der Waals surface area contributed by atoms with Crippen LogP contribution in [0.1, 0.15) is 47.1 Å². The van der Waals surface area contributed by atoms with Crippen molar-refractivity contribution in [3.8, 4) is 5.75 Å². The topological polar surface area (TPSA) is 29.5 Å². The third kappa shape index (κ3) is 2.24. The lowest BCUT2D eigenvalue weighted by Crippen LogP contribution is -2.13. The second-order valence-electron chi connectivity index (χ2n) is 6.14. The van der Waals surface area contributed by atoms with Gasteiger partial charge in [-0.15, -0.1) is 0 Å². The summed E-state index contributed by atoms with van der Waals surface area (Å²) in [5.74, 6) is 0.961. The van der Waals surface area contributed by atoms with Crippen molar-refractivity contribution in [2.75, 3.05) is 6.61 Å². The van der Waals surface area contributed by atoms with Gasteiger partial charge in [0.1, 0.15) is 5.75 Å². The molecule has 0 bridgehead atoms. The molecule has 2 heteroatoms. The number of benzene rings is 2. The van der Waals surface area contributed by atoms with Crippen molar-refractivity contribution in [2.24, 2.45) is 0 Å². The minimum absolute atomic E-state index is 0.0443. The molecule has 1 heterocycles. The van der Waals surface area contributed by atoms with Crippen LogP contribution in [0.2, 0.25) is 0 Å². The van der Waals surface area contributed by atoms with E-state index in [9.17, 15) is 5.11 Å². The Kier molecular flexibility index (Phi) is 3.19. The molecule has 0 amide bonds. The van der Waals surface area contributed by atoms with Gasteiger partial charge in [0, 0.05) is 5.56 Å². The second kappa shape index (κ2) is 5.19. The Bertz CT molecular complexity index is 662. The van der Waals surface area contributed by atoms with E-state index in [1.165, 1.54) is 30.4 Å². The standard InChI is InChI=1S/C19H20O2/c20-19(17-12-21-18-8-4-3-7-16(17)18)15-10-9-13-5-1-2-6-14(13)11-15/h3-4,7-11,17,19-20H,1-2,5-6,12H2. The van der Waals surface area contributed by atoms with Gasteiger partial charge in [0.05, 0.1) is 18.6 Å². The monoisotopic (exact) mass is 280 g/mol. The fraction of sp³-hybridized carbons (Fsp3) is 0.368. The number of hydrogen-bond acceptors (Lipinski definition) is 2. The number of ether oxygens (including phenoxy) is 1. The van der Waals surface area contributed by atoms with Gasteiger partial charge in [-0.1, -0.05) is 36.4 Å². The summed E-state index contributed by atoms with van der Waals surface area (Å²) in [6.07, 6.45) is 4.40. The van der Waals surface area contributed by atoms with Crippen LogP contribution in [0.15, 0.2) is 42.5 Å². The Balaban J connectivity index is 1.65. The van der Waals surface area contributed by atoms with Crippen molar-refractivity contribution in [3.63, 3.8) is 0 Å². The third-order valence-electron chi connectivity index (χ3n) is 4.83. The van der Waals surface area contributed by atoms with Crippen LogP contribution in [-0.4, -0.2) is 11.7 Å². The lowest BCUT2D eigenvalue weighted by atomic mass is 9.86. The summed E-state index contributed by atoms with van der Waals surface area (Å²) in [6, 6.07) is 14.5. The number of fused-ring (bicyclic) bond motifs is 2. The van der Waals surface area contributed by atoms with E-state index in [1.54, 1.807) is 0 Å². The highest BCUT2D eigenvalue weighted by molar-refractivity contribution is 5.43. The molecule has 0 fully saturated rings. The molecule has 1 aliphatic heterocycles. The number of aliphatic hydroxyl groups is 1. The lowest BCUT2D eigenvalue weighted by Gasteiger charge is -2.21. The zero-order valence-corrected chi connectivity index (χ0v) is 12.1. The van der Waals surface area contributed by atoms with Crippen molar-refractivity contribution < 1.29 is 9.84 Å². The van der Waals surface area contributed by atoms with Gasteiger partial charge in [0.25, 0.3) is 0 Å². The second-order valence-corrected chi connectivity index (χ2v) is 6.14. The summed E-state index contributed by atoms with van der Waals surface area (Å²) in [4.78, 5) is 0. The van der Waals surface area contributed by atoms with Gasteiger partial charge in [0.2, 0.25) is 0 Å². The van der Waals surface area contributed by atoms with Crippen LogP contribution >= 0.6 is 0 Å². The van der Waals surface area contributed by atoms with Gasteiger partial charge in [-0.25, -0.2) is 0 Å². The molecule has 0 saturated heterocycles. The van der Waals surface area contributed by atoms with Gasteiger partial charge in [-0.2, -0.15) is 0 Å². The van der Waals surface area contributed by atoms with E-state index in [0.717, 1.165) is 23.3 Å². The predicted molar refractivity (Wildman–Crippen MR) is 82.7 cm³/mol. The maximum absolute atomic E-state index is 10.8. The summed E-state index contributed by atoms with van der Waals surface area (Å²) >= 11 is 0. The van der Waals surface area contributed by atoms with Crippen LogP contribution in [0.3, 0.4) is 0 Å². The average molecular weight is 280 g/mol. The van der Waals surface area contributed by atoms with Crippen LogP contribution < -0.4 is 4.74 Å². The molecular weight excluding hydrogens is 260 g/mol. The van der Waals surface area contributed by atoms with Gasteiger partial charge in [-0.05, 0) is 48.4 Å². The van der Waals surface area contributed by atoms with Gasteiger partial charge in [0.15, 0.2) is 0 Å². The van der Waals surface area contributed by atoms with E-state index in [2.05, 4.69) is 24.3 Å². The predicted octanol–water partition coefficient (Wildman–Crippen LogP) is 3.78. The average Bonchev–Trinajstić information content (AvgIpc) is 2.98. The fourth-order valence-corrected chi connectivity index (χ4v) is 3.62. The molecular formula is C19H20O2. The molecule has 4 rings (SSSR count). The molecule has 2 aromatic carbocycles. The van der Waals surface area contributed by atoms with Crippen LogP contribution in [0.4, 0.5) is 0 Å². The first kappa shape index (κ1) is 12.9. The summed E-state index contributed by atoms with van der Waals surface area (Å²) in [5, 5.41) is 10.8. The normalized spacial score (nSPS) is 21.3. The van der Waals surface area contributed by atoms with E-state index in [4.69, 9.17) is 4.74 Å². The number of hydrogen-bond donors (Lipinski definition) is 1. The van der Waals surface area contributed by atoms with Crippen LogP contribution in [-0.2, 0) is 12.8 Å². The Morgan fingerprint density at radius 2 is 1.81 bits per heavy atom. The molecule has 108 valence electrons.